The molecule has 100 valence electrons. The maximum atomic E-state index is 12.2. The summed E-state index contributed by atoms with van der Waals surface area (Å²) in [6.07, 6.45) is 1.02. The van der Waals surface area contributed by atoms with Gasteiger partial charge in [-0.05, 0) is 44.3 Å². The van der Waals surface area contributed by atoms with Crippen molar-refractivity contribution in [2.24, 2.45) is 0 Å². The number of fused-ring (bicyclic) bond motifs is 1. The molecule has 19 heavy (non-hydrogen) atoms. The Hall–Kier alpha value is -1.33. The first-order valence-corrected chi connectivity index (χ1v) is 7.19. The Morgan fingerprint density at radius 3 is 3.05 bits per heavy atom. The number of likely N-dealkylation sites (N-methyl/N-ethyl adjacent to an activating group) is 1. The molecule has 0 saturated carbocycles. The van der Waals surface area contributed by atoms with Crippen LogP contribution in [0.3, 0.4) is 0 Å². The number of aromatic nitrogens is 1. The monoisotopic (exact) mass is 321 g/mol. The van der Waals surface area contributed by atoms with Crippen LogP contribution in [-0.2, 0) is 0 Å². The molecule has 1 saturated heterocycles. The van der Waals surface area contributed by atoms with Gasteiger partial charge in [0.25, 0.3) is 5.91 Å². The lowest BCUT2D eigenvalue weighted by Crippen LogP contribution is -2.36. The second-order valence-corrected chi connectivity index (χ2v) is 6.05. The first kappa shape index (κ1) is 12.7. The Balaban J connectivity index is 1.78. The average Bonchev–Trinajstić information content (AvgIpc) is 2.95. The standard InChI is InChI=1S/C14H16BrN3O/c1-18-5-4-11(8-18)16-14(19)13-7-9-6-10(15)2-3-12(9)17-13/h2-3,6-7,11,17H,4-5,8H2,1H3,(H,16,19). The van der Waals surface area contributed by atoms with E-state index in [2.05, 4.69) is 38.2 Å². The second-order valence-electron chi connectivity index (χ2n) is 5.14. The molecule has 0 aliphatic carbocycles. The molecule has 0 bridgehead atoms. The Kier molecular flexibility index (Phi) is 3.33. The largest absolute Gasteiger partial charge is 0.351 e. The third-order valence-corrected chi connectivity index (χ3v) is 4.05. The van der Waals surface area contributed by atoms with Gasteiger partial charge in [0.1, 0.15) is 5.69 Å². The molecule has 0 radical (unpaired) electrons. The number of carbonyl (C=O) groups is 1. The van der Waals surface area contributed by atoms with Crippen LogP contribution in [-0.4, -0.2) is 42.0 Å². The van der Waals surface area contributed by atoms with E-state index in [1.165, 1.54) is 0 Å². The molecule has 1 fully saturated rings. The number of aromatic amines is 1. The Labute approximate surface area is 120 Å². The highest BCUT2D eigenvalue weighted by Crippen LogP contribution is 2.20. The van der Waals surface area contributed by atoms with E-state index < -0.39 is 0 Å². The van der Waals surface area contributed by atoms with Crippen molar-refractivity contribution in [2.45, 2.75) is 12.5 Å². The summed E-state index contributed by atoms with van der Waals surface area (Å²) >= 11 is 3.44. The molecule has 3 rings (SSSR count). The number of H-pyrrole nitrogens is 1. The first-order chi connectivity index (χ1) is 9.11. The van der Waals surface area contributed by atoms with Gasteiger partial charge in [-0.25, -0.2) is 0 Å². The van der Waals surface area contributed by atoms with Crippen LogP contribution in [0.25, 0.3) is 10.9 Å². The van der Waals surface area contributed by atoms with Crippen LogP contribution < -0.4 is 5.32 Å². The number of amides is 1. The zero-order valence-electron chi connectivity index (χ0n) is 10.7. The van der Waals surface area contributed by atoms with Gasteiger partial charge in [-0.2, -0.15) is 0 Å². The normalized spacial score (nSPS) is 20.0. The molecule has 1 aromatic heterocycles. The molecule has 2 aromatic rings. The van der Waals surface area contributed by atoms with Crippen LogP contribution in [0.2, 0.25) is 0 Å². The van der Waals surface area contributed by atoms with Crippen LogP contribution in [0.5, 0.6) is 0 Å². The molecule has 1 aromatic carbocycles. The van der Waals surface area contributed by atoms with Crippen LogP contribution >= 0.6 is 15.9 Å². The van der Waals surface area contributed by atoms with Gasteiger partial charge in [-0.3, -0.25) is 4.79 Å². The van der Waals surface area contributed by atoms with Crippen molar-refractivity contribution in [3.63, 3.8) is 0 Å². The van der Waals surface area contributed by atoms with E-state index in [1.54, 1.807) is 0 Å². The third-order valence-electron chi connectivity index (χ3n) is 3.55. The predicted molar refractivity (Wildman–Crippen MR) is 79.4 cm³/mol. The predicted octanol–water partition coefficient (Wildman–Crippen LogP) is 2.36. The molecule has 2 N–H and O–H groups in total. The molecule has 1 atom stereocenters. The van der Waals surface area contributed by atoms with Crippen molar-refractivity contribution in [2.75, 3.05) is 20.1 Å². The zero-order valence-corrected chi connectivity index (χ0v) is 12.3. The molecule has 1 aliphatic heterocycles. The smallest absolute Gasteiger partial charge is 0.267 e. The zero-order chi connectivity index (χ0) is 13.4. The number of halogens is 1. The summed E-state index contributed by atoms with van der Waals surface area (Å²) in [5.41, 5.74) is 1.61. The highest BCUT2D eigenvalue weighted by molar-refractivity contribution is 9.10. The summed E-state index contributed by atoms with van der Waals surface area (Å²) in [5, 5.41) is 4.12. The average molecular weight is 322 g/mol. The van der Waals surface area contributed by atoms with Crippen LogP contribution in [0.15, 0.2) is 28.7 Å². The molecule has 1 aliphatic rings. The van der Waals surface area contributed by atoms with E-state index in [9.17, 15) is 4.79 Å². The molecular formula is C14H16BrN3O. The molecule has 1 amide bonds. The number of likely N-dealkylation sites (tertiary alicyclic amines) is 1. The minimum absolute atomic E-state index is 0.0207. The minimum Gasteiger partial charge on any atom is -0.351 e. The van der Waals surface area contributed by atoms with Crippen molar-refractivity contribution in [3.8, 4) is 0 Å². The number of rotatable bonds is 2. The van der Waals surface area contributed by atoms with E-state index >= 15 is 0 Å². The van der Waals surface area contributed by atoms with E-state index in [-0.39, 0.29) is 11.9 Å². The third kappa shape index (κ3) is 2.67. The van der Waals surface area contributed by atoms with E-state index in [4.69, 9.17) is 0 Å². The quantitative estimate of drug-likeness (QED) is 0.892. The molecule has 4 nitrogen and oxygen atoms in total. The summed E-state index contributed by atoms with van der Waals surface area (Å²) in [6.45, 7) is 1.97. The van der Waals surface area contributed by atoms with Gasteiger partial charge in [0, 0.05) is 28.0 Å². The van der Waals surface area contributed by atoms with Gasteiger partial charge >= 0.3 is 0 Å². The first-order valence-electron chi connectivity index (χ1n) is 6.39. The number of carbonyl (C=O) groups excluding carboxylic acids is 1. The minimum atomic E-state index is -0.0207. The molecule has 5 heteroatoms. The Morgan fingerprint density at radius 1 is 1.47 bits per heavy atom. The van der Waals surface area contributed by atoms with Gasteiger partial charge in [-0.1, -0.05) is 15.9 Å². The summed E-state index contributed by atoms with van der Waals surface area (Å²) in [6, 6.07) is 8.10. The lowest BCUT2D eigenvalue weighted by molar-refractivity contribution is 0.0934. The number of nitrogens with zero attached hydrogens (tertiary/aromatic N) is 1. The summed E-state index contributed by atoms with van der Waals surface area (Å²) in [5.74, 6) is -0.0207. The topological polar surface area (TPSA) is 48.1 Å². The molecular weight excluding hydrogens is 306 g/mol. The van der Waals surface area contributed by atoms with Gasteiger partial charge in [0.05, 0.1) is 0 Å². The SMILES string of the molecule is CN1CCC(NC(=O)c2cc3cc(Br)ccc3[nH]2)C1. The lowest BCUT2D eigenvalue weighted by atomic mass is 10.2. The van der Waals surface area contributed by atoms with Crippen molar-refractivity contribution in [3.05, 3.63) is 34.4 Å². The maximum Gasteiger partial charge on any atom is 0.267 e. The fourth-order valence-electron chi connectivity index (χ4n) is 2.54. The molecule has 2 heterocycles. The van der Waals surface area contributed by atoms with E-state index in [0.717, 1.165) is 34.9 Å². The van der Waals surface area contributed by atoms with Crippen molar-refractivity contribution in [1.29, 1.82) is 0 Å². The Morgan fingerprint density at radius 2 is 2.32 bits per heavy atom. The molecule has 0 spiro atoms. The summed E-state index contributed by atoms with van der Waals surface area (Å²) in [4.78, 5) is 17.6. The highest BCUT2D eigenvalue weighted by Gasteiger charge is 2.22. The van der Waals surface area contributed by atoms with Crippen molar-refractivity contribution in [1.82, 2.24) is 15.2 Å². The summed E-state index contributed by atoms with van der Waals surface area (Å²) < 4.78 is 1.02. The fourth-order valence-corrected chi connectivity index (χ4v) is 2.92. The number of benzene rings is 1. The van der Waals surface area contributed by atoms with Gasteiger partial charge in [-0.15, -0.1) is 0 Å². The Bertz CT molecular complexity index is 622. The number of hydrogen-bond donors (Lipinski definition) is 2. The van der Waals surface area contributed by atoms with Gasteiger partial charge < -0.3 is 15.2 Å². The fraction of sp³-hybridized carbons (Fsp3) is 0.357. The van der Waals surface area contributed by atoms with Crippen LogP contribution in [0, 0.1) is 0 Å². The summed E-state index contributed by atoms with van der Waals surface area (Å²) in [7, 11) is 2.08. The van der Waals surface area contributed by atoms with E-state index in [1.807, 2.05) is 24.3 Å². The number of hydrogen-bond acceptors (Lipinski definition) is 2. The highest BCUT2D eigenvalue weighted by atomic mass is 79.9. The molecule has 1 unspecified atom stereocenters. The number of nitrogens with one attached hydrogen (secondary N) is 2. The maximum absolute atomic E-state index is 12.2. The van der Waals surface area contributed by atoms with E-state index in [0.29, 0.717) is 5.69 Å². The lowest BCUT2D eigenvalue weighted by Gasteiger charge is -2.11. The van der Waals surface area contributed by atoms with Gasteiger partial charge in [0.2, 0.25) is 0 Å². The van der Waals surface area contributed by atoms with Crippen LogP contribution in [0.1, 0.15) is 16.9 Å². The van der Waals surface area contributed by atoms with Crippen molar-refractivity contribution >= 4 is 32.7 Å². The van der Waals surface area contributed by atoms with Gasteiger partial charge in [0.15, 0.2) is 0 Å². The van der Waals surface area contributed by atoms with Crippen molar-refractivity contribution < 1.29 is 4.79 Å². The second kappa shape index (κ2) is 4.98. The van der Waals surface area contributed by atoms with Crippen LogP contribution in [0.4, 0.5) is 0 Å².